The molecule has 0 unspecified atom stereocenters. The first-order valence-electron chi connectivity index (χ1n) is 6.81. The molecular weight excluding hydrogens is 270 g/mol. The number of hydrogen-bond donors (Lipinski definition) is 0. The molecule has 0 aliphatic heterocycles. The zero-order chi connectivity index (χ0) is 15.1. The Balaban J connectivity index is 2.39. The minimum absolute atomic E-state index is 0.624. The van der Waals surface area contributed by atoms with Crippen LogP contribution in [0.15, 0.2) is 24.5 Å². The van der Waals surface area contributed by atoms with Crippen LogP contribution >= 0.6 is 0 Å². The molecule has 0 fully saturated rings. The number of ether oxygens (including phenoxy) is 3. The van der Waals surface area contributed by atoms with Crippen LogP contribution in [0.2, 0.25) is 0 Å². The van der Waals surface area contributed by atoms with Gasteiger partial charge in [0, 0.05) is 32.7 Å². The van der Waals surface area contributed by atoms with Gasteiger partial charge in [0.2, 0.25) is 0 Å². The second-order valence-electron chi connectivity index (χ2n) is 4.55. The van der Waals surface area contributed by atoms with Crippen LogP contribution in [-0.2, 0) is 9.47 Å². The summed E-state index contributed by atoms with van der Waals surface area (Å²) in [5, 5.41) is 0.962. The minimum atomic E-state index is 0.624. The van der Waals surface area contributed by atoms with E-state index in [0.29, 0.717) is 13.2 Å². The van der Waals surface area contributed by atoms with Crippen molar-refractivity contribution in [3.63, 3.8) is 0 Å². The highest BCUT2D eigenvalue weighted by molar-refractivity contribution is 5.90. The van der Waals surface area contributed by atoms with Crippen molar-refractivity contribution in [3.05, 3.63) is 24.5 Å². The third-order valence-electron chi connectivity index (χ3n) is 3.25. The van der Waals surface area contributed by atoms with Gasteiger partial charge < -0.3 is 19.1 Å². The maximum Gasteiger partial charge on any atom is 0.140 e. The Bertz CT molecular complexity index is 569. The molecule has 1 heterocycles. The van der Waals surface area contributed by atoms with E-state index in [0.717, 1.165) is 35.6 Å². The second kappa shape index (κ2) is 7.75. The molecule has 6 nitrogen and oxygen atoms in total. The number of nitrogens with zero attached hydrogens (tertiary/aromatic N) is 3. The average Bonchev–Trinajstić information content (AvgIpc) is 2.54. The van der Waals surface area contributed by atoms with Crippen LogP contribution in [0.4, 0.5) is 5.82 Å². The molecule has 0 spiro atoms. The number of benzene rings is 1. The fourth-order valence-electron chi connectivity index (χ4n) is 2.13. The number of rotatable bonds is 8. The average molecular weight is 291 g/mol. The summed E-state index contributed by atoms with van der Waals surface area (Å²) in [7, 11) is 5.03. The zero-order valence-corrected chi connectivity index (χ0v) is 12.7. The molecule has 0 saturated heterocycles. The van der Waals surface area contributed by atoms with Gasteiger partial charge in [-0.15, -0.1) is 0 Å². The first-order valence-corrected chi connectivity index (χ1v) is 6.81. The van der Waals surface area contributed by atoms with E-state index in [4.69, 9.17) is 14.2 Å². The van der Waals surface area contributed by atoms with Crippen molar-refractivity contribution >= 4 is 16.7 Å². The lowest BCUT2D eigenvalue weighted by Crippen LogP contribution is -2.31. The molecule has 0 atom stereocenters. The largest absolute Gasteiger partial charge is 0.497 e. The molecule has 0 aliphatic rings. The van der Waals surface area contributed by atoms with E-state index in [2.05, 4.69) is 14.9 Å². The van der Waals surface area contributed by atoms with Gasteiger partial charge in [-0.3, -0.25) is 0 Å². The summed E-state index contributed by atoms with van der Waals surface area (Å²) in [4.78, 5) is 10.9. The molecule has 0 bridgehead atoms. The van der Waals surface area contributed by atoms with Gasteiger partial charge in [-0.25, -0.2) is 9.97 Å². The van der Waals surface area contributed by atoms with Gasteiger partial charge in [0.15, 0.2) is 0 Å². The standard InChI is InChI=1S/C15H21N3O3/c1-19-8-6-18(7-9-20-2)15-13-10-12(21-3)4-5-14(13)16-11-17-15/h4-5,10-11H,6-9H2,1-3H3. The molecule has 2 rings (SSSR count). The van der Waals surface area contributed by atoms with Gasteiger partial charge in [0.1, 0.15) is 17.9 Å². The molecule has 0 N–H and O–H groups in total. The Morgan fingerprint density at radius 1 is 1.00 bits per heavy atom. The molecule has 2 aromatic rings. The Morgan fingerprint density at radius 2 is 1.71 bits per heavy atom. The van der Waals surface area contributed by atoms with E-state index < -0.39 is 0 Å². The summed E-state index contributed by atoms with van der Waals surface area (Å²) in [6.07, 6.45) is 1.58. The van der Waals surface area contributed by atoms with Gasteiger partial charge in [-0.1, -0.05) is 0 Å². The van der Waals surface area contributed by atoms with Gasteiger partial charge in [-0.05, 0) is 18.2 Å². The molecule has 0 radical (unpaired) electrons. The molecule has 21 heavy (non-hydrogen) atoms. The van der Waals surface area contributed by atoms with Crippen LogP contribution in [0.5, 0.6) is 5.75 Å². The molecular formula is C15H21N3O3. The molecule has 0 amide bonds. The zero-order valence-electron chi connectivity index (χ0n) is 12.7. The highest BCUT2D eigenvalue weighted by Crippen LogP contribution is 2.26. The molecule has 1 aromatic heterocycles. The van der Waals surface area contributed by atoms with Crippen LogP contribution in [0.3, 0.4) is 0 Å². The third-order valence-corrected chi connectivity index (χ3v) is 3.25. The Morgan fingerprint density at radius 3 is 2.33 bits per heavy atom. The summed E-state index contributed by atoms with van der Waals surface area (Å²) >= 11 is 0. The van der Waals surface area contributed by atoms with E-state index in [1.165, 1.54) is 0 Å². The topological polar surface area (TPSA) is 56.7 Å². The van der Waals surface area contributed by atoms with Crippen LogP contribution in [0, 0.1) is 0 Å². The van der Waals surface area contributed by atoms with Crippen LogP contribution < -0.4 is 9.64 Å². The van der Waals surface area contributed by atoms with Crippen molar-refractivity contribution < 1.29 is 14.2 Å². The fourth-order valence-corrected chi connectivity index (χ4v) is 2.13. The Kier molecular flexibility index (Phi) is 5.71. The summed E-state index contributed by atoms with van der Waals surface area (Å²) < 4.78 is 15.7. The maximum atomic E-state index is 5.30. The summed E-state index contributed by atoms with van der Waals surface area (Å²) in [5.41, 5.74) is 0.889. The SMILES string of the molecule is COCCN(CCOC)c1ncnc2ccc(OC)cc12. The molecule has 1 aromatic carbocycles. The summed E-state index contributed by atoms with van der Waals surface area (Å²) in [6.45, 7) is 2.73. The van der Waals surface area contributed by atoms with Crippen LogP contribution in [-0.4, -0.2) is 57.6 Å². The van der Waals surface area contributed by atoms with E-state index in [9.17, 15) is 0 Å². The smallest absolute Gasteiger partial charge is 0.140 e. The lowest BCUT2D eigenvalue weighted by molar-refractivity contribution is 0.190. The number of anilines is 1. The van der Waals surface area contributed by atoms with E-state index >= 15 is 0 Å². The Labute approximate surface area is 124 Å². The predicted molar refractivity (Wildman–Crippen MR) is 82.1 cm³/mol. The van der Waals surface area contributed by atoms with Crippen molar-refractivity contribution in [2.45, 2.75) is 0 Å². The van der Waals surface area contributed by atoms with Crippen molar-refractivity contribution in [3.8, 4) is 5.75 Å². The van der Waals surface area contributed by atoms with E-state index in [-0.39, 0.29) is 0 Å². The van der Waals surface area contributed by atoms with Crippen LogP contribution in [0.1, 0.15) is 0 Å². The first kappa shape index (κ1) is 15.5. The van der Waals surface area contributed by atoms with Crippen LogP contribution in [0.25, 0.3) is 10.9 Å². The van der Waals surface area contributed by atoms with Gasteiger partial charge >= 0.3 is 0 Å². The van der Waals surface area contributed by atoms with Crippen molar-refractivity contribution in [1.29, 1.82) is 0 Å². The number of fused-ring (bicyclic) bond motifs is 1. The van der Waals surface area contributed by atoms with Crippen molar-refractivity contribution in [2.75, 3.05) is 52.5 Å². The number of methoxy groups -OCH3 is 3. The lowest BCUT2D eigenvalue weighted by atomic mass is 10.2. The fraction of sp³-hybridized carbons (Fsp3) is 0.467. The normalized spacial score (nSPS) is 10.8. The molecule has 0 aliphatic carbocycles. The van der Waals surface area contributed by atoms with E-state index in [1.54, 1.807) is 27.7 Å². The van der Waals surface area contributed by atoms with Crippen molar-refractivity contribution in [1.82, 2.24) is 9.97 Å². The Hall–Kier alpha value is -1.92. The first-order chi connectivity index (χ1) is 10.3. The highest BCUT2D eigenvalue weighted by Gasteiger charge is 2.13. The minimum Gasteiger partial charge on any atom is -0.497 e. The lowest BCUT2D eigenvalue weighted by Gasteiger charge is -2.24. The molecule has 0 saturated carbocycles. The summed E-state index contributed by atoms with van der Waals surface area (Å²) in [6, 6.07) is 5.79. The summed E-state index contributed by atoms with van der Waals surface area (Å²) in [5.74, 6) is 1.66. The molecule has 114 valence electrons. The quantitative estimate of drug-likeness (QED) is 0.738. The van der Waals surface area contributed by atoms with Gasteiger partial charge in [-0.2, -0.15) is 0 Å². The monoisotopic (exact) mass is 291 g/mol. The third kappa shape index (κ3) is 3.80. The van der Waals surface area contributed by atoms with E-state index in [1.807, 2.05) is 18.2 Å². The predicted octanol–water partition coefficient (Wildman–Crippen LogP) is 1.74. The maximum absolute atomic E-state index is 5.30. The number of hydrogen-bond acceptors (Lipinski definition) is 6. The second-order valence-corrected chi connectivity index (χ2v) is 4.55. The van der Waals surface area contributed by atoms with Gasteiger partial charge in [0.05, 0.1) is 25.8 Å². The van der Waals surface area contributed by atoms with Gasteiger partial charge in [0.25, 0.3) is 0 Å². The van der Waals surface area contributed by atoms with Crippen molar-refractivity contribution in [2.24, 2.45) is 0 Å². The molecule has 6 heteroatoms. The highest BCUT2D eigenvalue weighted by atomic mass is 16.5. The number of aromatic nitrogens is 2.